The van der Waals surface area contributed by atoms with Crippen LogP contribution >= 0.6 is 11.3 Å². The van der Waals surface area contributed by atoms with Gasteiger partial charge in [0, 0.05) is 32.9 Å². The van der Waals surface area contributed by atoms with Crippen molar-refractivity contribution >= 4 is 34.6 Å². The number of imidazole rings is 1. The number of amides is 2. The normalized spacial score (nSPS) is 10.9. The standard InChI is InChI=1S/C25H26N4O3S/c1-5-19-23(28(4)25(31)21-9-7-15-33-21)29-14-6-8-20(22(29)26-19)32-16-17-10-12-18(13-11-17)24(30)27(2)3/h6-15H,5,16H2,1-4H3. The van der Waals surface area contributed by atoms with Crippen molar-refractivity contribution in [2.24, 2.45) is 0 Å². The SMILES string of the molecule is CCc1nc2c(OCc3ccc(C(=O)N(C)C)cc3)cccn2c1N(C)C(=O)c1cccs1. The van der Waals surface area contributed by atoms with Gasteiger partial charge >= 0.3 is 0 Å². The Morgan fingerprint density at radius 2 is 1.79 bits per heavy atom. The van der Waals surface area contributed by atoms with Crippen molar-refractivity contribution in [1.29, 1.82) is 0 Å². The van der Waals surface area contributed by atoms with Crippen molar-refractivity contribution in [3.05, 3.63) is 81.8 Å². The molecule has 33 heavy (non-hydrogen) atoms. The Morgan fingerprint density at radius 1 is 1.03 bits per heavy atom. The molecule has 2 amide bonds. The third-order valence-corrected chi connectivity index (χ3v) is 6.21. The lowest BCUT2D eigenvalue weighted by Gasteiger charge is -2.17. The van der Waals surface area contributed by atoms with E-state index in [1.807, 2.05) is 59.3 Å². The smallest absolute Gasteiger partial charge is 0.269 e. The molecule has 3 heterocycles. The highest BCUT2D eigenvalue weighted by Gasteiger charge is 2.23. The fourth-order valence-electron chi connectivity index (χ4n) is 3.61. The molecular weight excluding hydrogens is 436 g/mol. The Bertz CT molecular complexity index is 1280. The van der Waals surface area contributed by atoms with Crippen molar-refractivity contribution in [2.75, 3.05) is 26.0 Å². The summed E-state index contributed by atoms with van der Waals surface area (Å²) in [5.74, 6) is 1.26. The number of ether oxygens (including phenoxy) is 1. The number of rotatable bonds is 7. The fourth-order valence-corrected chi connectivity index (χ4v) is 4.31. The molecule has 0 radical (unpaired) electrons. The number of aromatic nitrogens is 2. The van der Waals surface area contributed by atoms with Crippen LogP contribution in [0.2, 0.25) is 0 Å². The van der Waals surface area contributed by atoms with E-state index in [9.17, 15) is 9.59 Å². The number of fused-ring (bicyclic) bond motifs is 1. The molecule has 4 aromatic rings. The Hall–Kier alpha value is -3.65. The van der Waals surface area contributed by atoms with E-state index in [1.54, 1.807) is 43.1 Å². The topological polar surface area (TPSA) is 67.2 Å². The van der Waals surface area contributed by atoms with Crippen LogP contribution in [0.15, 0.2) is 60.1 Å². The van der Waals surface area contributed by atoms with E-state index in [0.29, 0.717) is 34.9 Å². The van der Waals surface area contributed by atoms with Crippen LogP contribution in [0, 0.1) is 0 Å². The zero-order chi connectivity index (χ0) is 23.5. The van der Waals surface area contributed by atoms with Crippen LogP contribution in [0.4, 0.5) is 5.82 Å². The molecular formula is C25H26N4O3S. The molecule has 0 fully saturated rings. The second-order valence-corrected chi connectivity index (χ2v) is 8.78. The summed E-state index contributed by atoms with van der Waals surface area (Å²) in [6.45, 7) is 2.36. The second-order valence-electron chi connectivity index (χ2n) is 7.83. The molecule has 0 atom stereocenters. The molecule has 4 rings (SSSR count). The van der Waals surface area contributed by atoms with Crippen molar-refractivity contribution in [1.82, 2.24) is 14.3 Å². The highest BCUT2D eigenvalue weighted by atomic mass is 32.1. The van der Waals surface area contributed by atoms with Crippen LogP contribution in [0.25, 0.3) is 5.65 Å². The molecule has 0 aliphatic rings. The molecule has 0 saturated carbocycles. The number of hydrogen-bond acceptors (Lipinski definition) is 5. The lowest BCUT2D eigenvalue weighted by molar-refractivity contribution is 0.0827. The average Bonchev–Trinajstić information content (AvgIpc) is 3.49. The fraction of sp³-hybridized carbons (Fsp3) is 0.240. The largest absolute Gasteiger partial charge is 0.485 e. The Morgan fingerprint density at radius 3 is 2.42 bits per heavy atom. The van der Waals surface area contributed by atoms with Gasteiger partial charge in [-0.1, -0.05) is 25.1 Å². The van der Waals surface area contributed by atoms with Gasteiger partial charge in [0.1, 0.15) is 12.4 Å². The minimum absolute atomic E-state index is 0.0366. The molecule has 0 aliphatic heterocycles. The van der Waals surface area contributed by atoms with E-state index in [1.165, 1.54) is 11.3 Å². The van der Waals surface area contributed by atoms with Gasteiger partial charge in [0.15, 0.2) is 11.4 Å². The van der Waals surface area contributed by atoms with Crippen molar-refractivity contribution in [2.45, 2.75) is 20.0 Å². The van der Waals surface area contributed by atoms with Gasteiger partial charge < -0.3 is 9.64 Å². The van der Waals surface area contributed by atoms with Crippen molar-refractivity contribution in [3.8, 4) is 5.75 Å². The highest BCUT2D eigenvalue weighted by molar-refractivity contribution is 7.12. The molecule has 7 nitrogen and oxygen atoms in total. The monoisotopic (exact) mass is 462 g/mol. The number of anilines is 1. The average molecular weight is 463 g/mol. The Kier molecular flexibility index (Phi) is 6.46. The first-order chi connectivity index (χ1) is 15.9. The van der Waals surface area contributed by atoms with E-state index in [2.05, 4.69) is 0 Å². The molecule has 170 valence electrons. The summed E-state index contributed by atoms with van der Waals surface area (Å²) in [6, 6.07) is 14.8. The van der Waals surface area contributed by atoms with E-state index in [0.717, 1.165) is 17.1 Å². The first-order valence-electron chi connectivity index (χ1n) is 10.7. The first kappa shape index (κ1) is 22.5. The molecule has 0 saturated heterocycles. The predicted molar refractivity (Wildman–Crippen MR) is 130 cm³/mol. The summed E-state index contributed by atoms with van der Waals surface area (Å²) in [5.41, 5.74) is 3.06. The van der Waals surface area contributed by atoms with Crippen LogP contribution in [0.3, 0.4) is 0 Å². The van der Waals surface area contributed by atoms with E-state index >= 15 is 0 Å². The number of carbonyl (C=O) groups excluding carboxylic acids is 2. The van der Waals surface area contributed by atoms with Crippen molar-refractivity contribution in [3.63, 3.8) is 0 Å². The number of nitrogens with zero attached hydrogens (tertiary/aromatic N) is 4. The third kappa shape index (κ3) is 4.47. The number of carbonyl (C=O) groups is 2. The van der Waals surface area contributed by atoms with E-state index in [4.69, 9.17) is 9.72 Å². The van der Waals surface area contributed by atoms with Gasteiger partial charge in [-0.15, -0.1) is 11.3 Å². The quantitative estimate of drug-likeness (QED) is 0.405. The van der Waals surface area contributed by atoms with Gasteiger partial charge in [0.05, 0.1) is 10.6 Å². The molecule has 0 N–H and O–H groups in total. The van der Waals surface area contributed by atoms with Gasteiger partial charge in [0.25, 0.3) is 11.8 Å². The minimum atomic E-state index is -0.0693. The van der Waals surface area contributed by atoms with E-state index < -0.39 is 0 Å². The summed E-state index contributed by atoms with van der Waals surface area (Å²) >= 11 is 1.42. The summed E-state index contributed by atoms with van der Waals surface area (Å²) in [7, 11) is 5.23. The molecule has 0 aliphatic carbocycles. The third-order valence-electron chi connectivity index (χ3n) is 5.35. The van der Waals surface area contributed by atoms with Crippen LogP contribution < -0.4 is 9.64 Å². The van der Waals surface area contributed by atoms with E-state index in [-0.39, 0.29) is 11.8 Å². The Balaban J connectivity index is 1.60. The molecule has 0 spiro atoms. The number of thiophene rings is 1. The molecule has 3 aromatic heterocycles. The van der Waals surface area contributed by atoms with Gasteiger partial charge in [0.2, 0.25) is 0 Å². The van der Waals surface area contributed by atoms with Gasteiger partial charge in [-0.25, -0.2) is 4.98 Å². The lowest BCUT2D eigenvalue weighted by atomic mass is 10.1. The lowest BCUT2D eigenvalue weighted by Crippen LogP contribution is -2.27. The summed E-state index contributed by atoms with van der Waals surface area (Å²) in [6.07, 6.45) is 2.57. The first-order valence-corrected chi connectivity index (χ1v) is 11.5. The number of pyridine rings is 1. The summed E-state index contributed by atoms with van der Waals surface area (Å²) < 4.78 is 8.00. The highest BCUT2D eigenvalue weighted by Crippen LogP contribution is 2.29. The molecule has 8 heteroatoms. The van der Waals surface area contributed by atoms with Gasteiger partial charge in [-0.05, 0) is 47.7 Å². The van der Waals surface area contributed by atoms with Gasteiger partial charge in [-0.3, -0.25) is 18.9 Å². The van der Waals surface area contributed by atoms with Crippen LogP contribution in [0.5, 0.6) is 5.75 Å². The predicted octanol–water partition coefficient (Wildman–Crippen LogP) is 4.52. The maximum atomic E-state index is 13.0. The van der Waals surface area contributed by atoms with Crippen LogP contribution in [0.1, 0.15) is 38.2 Å². The van der Waals surface area contributed by atoms with Crippen molar-refractivity contribution < 1.29 is 14.3 Å². The number of benzene rings is 1. The maximum absolute atomic E-state index is 13.0. The van der Waals surface area contributed by atoms with Gasteiger partial charge in [-0.2, -0.15) is 0 Å². The number of hydrogen-bond donors (Lipinski definition) is 0. The molecule has 0 bridgehead atoms. The summed E-state index contributed by atoms with van der Waals surface area (Å²) in [5, 5.41) is 1.89. The second kappa shape index (κ2) is 9.46. The van der Waals surface area contributed by atoms with Crippen LogP contribution in [-0.4, -0.2) is 47.2 Å². The summed E-state index contributed by atoms with van der Waals surface area (Å²) in [4.78, 5) is 33.7. The zero-order valence-corrected chi connectivity index (χ0v) is 19.9. The zero-order valence-electron chi connectivity index (χ0n) is 19.1. The molecule has 1 aromatic carbocycles. The van der Waals surface area contributed by atoms with Crippen LogP contribution in [-0.2, 0) is 13.0 Å². The molecule has 0 unspecified atom stereocenters. The minimum Gasteiger partial charge on any atom is -0.485 e. The maximum Gasteiger partial charge on any atom is 0.269 e. The Labute approximate surface area is 196 Å². The number of aryl methyl sites for hydroxylation is 1.